The molecule has 0 aliphatic rings. The lowest BCUT2D eigenvalue weighted by molar-refractivity contribution is 0.0142. The Bertz CT molecular complexity index is 415. The lowest BCUT2D eigenvalue weighted by Gasteiger charge is -2.18. The van der Waals surface area contributed by atoms with Crippen molar-refractivity contribution in [3.8, 4) is 0 Å². The highest BCUT2D eigenvalue weighted by atomic mass is 19.3. The molecule has 0 amide bonds. The van der Waals surface area contributed by atoms with Gasteiger partial charge in [-0.1, -0.05) is 6.07 Å². The van der Waals surface area contributed by atoms with E-state index >= 15 is 0 Å². The van der Waals surface area contributed by atoms with Crippen molar-refractivity contribution in [3.05, 3.63) is 34.9 Å². The first kappa shape index (κ1) is 15.9. The summed E-state index contributed by atoms with van der Waals surface area (Å²) in [7, 11) is 0. The molecule has 0 aliphatic carbocycles. The molecule has 0 heterocycles. The predicted octanol–water partition coefficient (Wildman–Crippen LogP) is 2.45. The summed E-state index contributed by atoms with van der Waals surface area (Å²) in [5.74, 6) is 3.81. The lowest BCUT2D eigenvalue weighted by Crippen LogP contribution is -2.30. The maximum atomic E-state index is 13.8. The zero-order valence-electron chi connectivity index (χ0n) is 10.4. The molecule has 3 N–H and O–H groups in total. The van der Waals surface area contributed by atoms with Crippen molar-refractivity contribution in [2.24, 2.45) is 5.84 Å². The number of hydrazine groups is 1. The van der Waals surface area contributed by atoms with Gasteiger partial charge < -0.3 is 4.74 Å². The highest BCUT2D eigenvalue weighted by Gasteiger charge is 2.20. The first-order valence-electron chi connectivity index (χ1n) is 5.73. The molecule has 0 aromatic heterocycles. The minimum atomic E-state index is -2.57. The average molecular weight is 280 g/mol. The van der Waals surface area contributed by atoms with Crippen LogP contribution in [0, 0.1) is 18.6 Å². The molecule has 0 fully saturated rings. The zero-order valence-corrected chi connectivity index (χ0v) is 10.4. The van der Waals surface area contributed by atoms with Crippen molar-refractivity contribution in [1.29, 1.82) is 0 Å². The molecule has 1 aromatic rings. The summed E-state index contributed by atoms with van der Waals surface area (Å²) in [6, 6.07) is 1.62. The van der Waals surface area contributed by atoms with E-state index < -0.39 is 30.7 Å². The van der Waals surface area contributed by atoms with Crippen LogP contribution in [0.15, 0.2) is 12.1 Å². The molecule has 108 valence electrons. The Morgan fingerprint density at radius 3 is 2.58 bits per heavy atom. The van der Waals surface area contributed by atoms with Crippen molar-refractivity contribution in [1.82, 2.24) is 5.43 Å². The summed E-state index contributed by atoms with van der Waals surface area (Å²) >= 11 is 0. The highest BCUT2D eigenvalue weighted by Crippen LogP contribution is 2.25. The van der Waals surface area contributed by atoms with Gasteiger partial charge in [0.15, 0.2) is 0 Å². The Morgan fingerprint density at radius 1 is 1.32 bits per heavy atom. The Morgan fingerprint density at radius 2 is 2.00 bits per heavy atom. The van der Waals surface area contributed by atoms with E-state index in [1.807, 2.05) is 0 Å². The predicted molar refractivity (Wildman–Crippen MR) is 62.6 cm³/mol. The van der Waals surface area contributed by atoms with E-state index in [0.29, 0.717) is 0 Å². The number of nitrogens with two attached hydrogens (primary N) is 1. The Hall–Kier alpha value is -1.18. The second-order valence-corrected chi connectivity index (χ2v) is 4.07. The fraction of sp³-hybridized carbons (Fsp3) is 0.500. The molecular formula is C12H16F4N2O. The second-order valence-electron chi connectivity index (χ2n) is 4.07. The number of rotatable bonds is 7. The van der Waals surface area contributed by atoms with E-state index in [0.717, 1.165) is 6.07 Å². The molecule has 0 bridgehead atoms. The van der Waals surface area contributed by atoms with Crippen molar-refractivity contribution in [2.45, 2.75) is 25.8 Å². The monoisotopic (exact) mass is 280 g/mol. The molecule has 3 nitrogen and oxygen atoms in total. The van der Waals surface area contributed by atoms with Gasteiger partial charge in [0.25, 0.3) is 6.43 Å². The number of ether oxygens (including phenoxy) is 1. The number of aryl methyl sites for hydroxylation is 1. The van der Waals surface area contributed by atoms with Crippen LogP contribution in [0.5, 0.6) is 0 Å². The van der Waals surface area contributed by atoms with E-state index in [1.54, 1.807) is 0 Å². The normalized spacial score (nSPS) is 13.0. The van der Waals surface area contributed by atoms with Gasteiger partial charge in [-0.15, -0.1) is 0 Å². The van der Waals surface area contributed by atoms with Crippen LogP contribution < -0.4 is 11.3 Å². The summed E-state index contributed by atoms with van der Waals surface area (Å²) in [5.41, 5.74) is 2.34. The third kappa shape index (κ3) is 4.45. The first-order valence-corrected chi connectivity index (χ1v) is 5.73. The third-order valence-electron chi connectivity index (χ3n) is 2.66. The van der Waals surface area contributed by atoms with Gasteiger partial charge in [0.2, 0.25) is 0 Å². The van der Waals surface area contributed by atoms with Crippen LogP contribution in [0.4, 0.5) is 17.6 Å². The fourth-order valence-electron chi connectivity index (χ4n) is 1.68. The van der Waals surface area contributed by atoms with Crippen LogP contribution in [0.1, 0.15) is 23.6 Å². The maximum absolute atomic E-state index is 13.8. The van der Waals surface area contributed by atoms with Crippen molar-refractivity contribution < 1.29 is 22.3 Å². The Labute approximate surface area is 108 Å². The van der Waals surface area contributed by atoms with E-state index in [2.05, 4.69) is 10.2 Å². The summed E-state index contributed by atoms with van der Waals surface area (Å²) in [6.45, 7) is 0.710. The molecule has 0 spiro atoms. The van der Waals surface area contributed by atoms with Crippen molar-refractivity contribution >= 4 is 0 Å². The molecule has 1 rings (SSSR count). The number of halogens is 4. The van der Waals surface area contributed by atoms with Gasteiger partial charge in [0.05, 0.1) is 6.04 Å². The molecule has 19 heavy (non-hydrogen) atoms. The van der Waals surface area contributed by atoms with Gasteiger partial charge in [-0.25, -0.2) is 17.6 Å². The molecule has 1 unspecified atom stereocenters. The molecular weight excluding hydrogens is 264 g/mol. The van der Waals surface area contributed by atoms with Gasteiger partial charge in [0.1, 0.15) is 18.2 Å². The molecule has 0 radical (unpaired) electrons. The number of nitrogens with one attached hydrogen (secondary N) is 1. The van der Waals surface area contributed by atoms with E-state index in [4.69, 9.17) is 5.84 Å². The van der Waals surface area contributed by atoms with E-state index in [9.17, 15) is 17.6 Å². The topological polar surface area (TPSA) is 47.3 Å². The standard InChI is InChI=1S/C12H16F4N2O/c1-7-2-3-8(13)11(12(7)16)9(18-17)4-5-19-6-10(14)15/h2-3,9-10,18H,4-6,17H2,1H3. The van der Waals surface area contributed by atoms with Gasteiger partial charge in [-0.05, 0) is 25.0 Å². The summed E-state index contributed by atoms with van der Waals surface area (Å²) in [5, 5.41) is 0. The minimum absolute atomic E-state index is 0.0774. The highest BCUT2D eigenvalue weighted by molar-refractivity contribution is 5.29. The van der Waals surface area contributed by atoms with Gasteiger partial charge in [-0.2, -0.15) is 0 Å². The SMILES string of the molecule is Cc1ccc(F)c(C(CCOCC(F)F)NN)c1F. The van der Waals surface area contributed by atoms with Crippen LogP contribution in [-0.4, -0.2) is 19.6 Å². The van der Waals surface area contributed by atoms with E-state index in [-0.39, 0.29) is 24.2 Å². The Balaban J connectivity index is 2.72. The van der Waals surface area contributed by atoms with Crippen LogP contribution in [-0.2, 0) is 4.74 Å². The van der Waals surface area contributed by atoms with Crippen LogP contribution in [0.25, 0.3) is 0 Å². The lowest BCUT2D eigenvalue weighted by atomic mass is 10.0. The number of hydrogen-bond acceptors (Lipinski definition) is 3. The number of alkyl halides is 2. The number of benzene rings is 1. The largest absolute Gasteiger partial charge is 0.375 e. The Kier molecular flexibility index (Phi) is 6.20. The van der Waals surface area contributed by atoms with Crippen molar-refractivity contribution in [2.75, 3.05) is 13.2 Å². The van der Waals surface area contributed by atoms with Crippen LogP contribution in [0.3, 0.4) is 0 Å². The van der Waals surface area contributed by atoms with Crippen LogP contribution >= 0.6 is 0 Å². The molecule has 0 saturated carbocycles. The third-order valence-corrected chi connectivity index (χ3v) is 2.66. The van der Waals surface area contributed by atoms with E-state index in [1.165, 1.54) is 13.0 Å². The van der Waals surface area contributed by atoms with Gasteiger partial charge in [0, 0.05) is 12.2 Å². The van der Waals surface area contributed by atoms with Crippen molar-refractivity contribution in [3.63, 3.8) is 0 Å². The summed E-state index contributed by atoms with van der Waals surface area (Å²) in [6.07, 6.45) is -2.49. The molecule has 0 saturated heterocycles. The molecule has 1 aromatic carbocycles. The number of hydrogen-bond donors (Lipinski definition) is 2. The average Bonchev–Trinajstić information content (AvgIpc) is 2.36. The molecule has 1 atom stereocenters. The molecule has 7 heteroatoms. The first-order chi connectivity index (χ1) is 8.97. The maximum Gasteiger partial charge on any atom is 0.261 e. The molecule has 0 aliphatic heterocycles. The minimum Gasteiger partial charge on any atom is -0.375 e. The fourth-order valence-corrected chi connectivity index (χ4v) is 1.68. The second kappa shape index (κ2) is 7.42. The summed E-state index contributed by atoms with van der Waals surface area (Å²) in [4.78, 5) is 0. The van der Waals surface area contributed by atoms with Crippen LogP contribution in [0.2, 0.25) is 0 Å². The smallest absolute Gasteiger partial charge is 0.261 e. The van der Waals surface area contributed by atoms with Gasteiger partial charge in [-0.3, -0.25) is 11.3 Å². The van der Waals surface area contributed by atoms with Gasteiger partial charge >= 0.3 is 0 Å². The zero-order chi connectivity index (χ0) is 14.4. The quantitative estimate of drug-likeness (QED) is 0.349. The summed E-state index contributed by atoms with van der Waals surface area (Å²) < 4.78 is 55.8.